The van der Waals surface area contributed by atoms with Crippen molar-refractivity contribution in [1.29, 1.82) is 0 Å². The lowest BCUT2D eigenvalue weighted by molar-refractivity contribution is -0.124. The number of rotatable bonds is 2. The average molecular weight is 269 g/mol. The van der Waals surface area contributed by atoms with E-state index >= 15 is 0 Å². The van der Waals surface area contributed by atoms with Gasteiger partial charge < -0.3 is 10.6 Å². The third-order valence-electron chi connectivity index (χ3n) is 3.13. The van der Waals surface area contributed by atoms with E-state index in [1.165, 1.54) is 6.08 Å². The second-order valence-electron chi connectivity index (χ2n) is 4.58. The molecule has 1 saturated heterocycles. The molecule has 1 atom stereocenters. The molecule has 0 saturated carbocycles. The molecular weight excluding hydrogens is 252 g/mol. The molecule has 2 heterocycles. The van der Waals surface area contributed by atoms with Gasteiger partial charge in [0.15, 0.2) is 0 Å². The number of likely N-dealkylation sites (tertiary alicyclic amines) is 1. The van der Waals surface area contributed by atoms with Crippen molar-refractivity contribution in [3.63, 3.8) is 0 Å². The maximum Gasteiger partial charge on any atom is 0.246 e. The van der Waals surface area contributed by atoms with Gasteiger partial charge in [0.05, 0.1) is 5.69 Å². The van der Waals surface area contributed by atoms with E-state index in [9.17, 15) is 4.79 Å². The van der Waals surface area contributed by atoms with Crippen LogP contribution in [0.1, 0.15) is 17.7 Å². The first-order valence-corrected chi connectivity index (χ1v) is 6.28. The summed E-state index contributed by atoms with van der Waals surface area (Å²) >= 11 is 6.08. The van der Waals surface area contributed by atoms with Crippen LogP contribution in [0.25, 0.3) is 6.08 Å². The number of halogens is 1. The predicted molar refractivity (Wildman–Crippen MR) is 71.2 cm³/mol. The standard InChI is InChI=1S/C12H17ClN4O/c1-8-10(12(13)16(2)15-8)3-4-11(18)17-6-5-9(14)7-17/h3-4,9H,5-7,14H2,1-2H3. The topological polar surface area (TPSA) is 64.2 Å². The number of aromatic nitrogens is 2. The maximum absolute atomic E-state index is 11.9. The molecule has 0 aliphatic carbocycles. The number of amides is 1. The molecule has 2 rings (SSSR count). The molecule has 98 valence electrons. The second-order valence-corrected chi connectivity index (χ2v) is 4.94. The smallest absolute Gasteiger partial charge is 0.246 e. The molecule has 5 nitrogen and oxygen atoms in total. The Morgan fingerprint density at radius 2 is 2.33 bits per heavy atom. The van der Waals surface area contributed by atoms with Crippen molar-refractivity contribution < 1.29 is 4.79 Å². The monoisotopic (exact) mass is 268 g/mol. The van der Waals surface area contributed by atoms with Gasteiger partial charge in [-0.05, 0) is 19.4 Å². The third kappa shape index (κ3) is 2.57. The van der Waals surface area contributed by atoms with E-state index in [1.807, 2.05) is 6.92 Å². The summed E-state index contributed by atoms with van der Waals surface area (Å²) in [4.78, 5) is 13.7. The quantitative estimate of drug-likeness (QED) is 0.813. The Balaban J connectivity index is 2.09. The first kappa shape index (κ1) is 13.1. The Morgan fingerprint density at radius 1 is 1.61 bits per heavy atom. The zero-order valence-corrected chi connectivity index (χ0v) is 11.3. The van der Waals surface area contributed by atoms with Crippen LogP contribution in [0, 0.1) is 6.92 Å². The molecule has 1 fully saturated rings. The van der Waals surface area contributed by atoms with Crippen molar-refractivity contribution in [1.82, 2.24) is 14.7 Å². The molecule has 1 amide bonds. The van der Waals surface area contributed by atoms with Crippen molar-refractivity contribution in [3.05, 3.63) is 22.5 Å². The average Bonchev–Trinajstić information content (AvgIpc) is 2.83. The normalized spacial score (nSPS) is 20.0. The molecule has 1 aromatic heterocycles. The molecule has 0 spiro atoms. The van der Waals surface area contributed by atoms with Crippen LogP contribution in [-0.2, 0) is 11.8 Å². The van der Waals surface area contributed by atoms with Crippen molar-refractivity contribution in [2.45, 2.75) is 19.4 Å². The maximum atomic E-state index is 11.9. The van der Waals surface area contributed by atoms with Crippen LogP contribution >= 0.6 is 11.6 Å². The SMILES string of the molecule is Cc1nn(C)c(Cl)c1C=CC(=O)N1CCC(N)C1. The molecule has 0 aromatic carbocycles. The second kappa shape index (κ2) is 5.12. The minimum Gasteiger partial charge on any atom is -0.338 e. The molecule has 2 N–H and O–H groups in total. The number of aryl methyl sites for hydroxylation is 2. The minimum absolute atomic E-state index is 0.0257. The summed E-state index contributed by atoms with van der Waals surface area (Å²) in [5.74, 6) is -0.0257. The zero-order chi connectivity index (χ0) is 13.3. The van der Waals surface area contributed by atoms with Crippen molar-refractivity contribution in [2.24, 2.45) is 12.8 Å². The van der Waals surface area contributed by atoms with Gasteiger partial charge in [-0.1, -0.05) is 11.6 Å². The molecule has 0 radical (unpaired) electrons. The van der Waals surface area contributed by atoms with Gasteiger partial charge in [0, 0.05) is 37.8 Å². The molecule has 1 aliphatic rings. The lowest BCUT2D eigenvalue weighted by Gasteiger charge is -2.12. The Labute approximate surface area is 111 Å². The zero-order valence-electron chi connectivity index (χ0n) is 10.6. The van der Waals surface area contributed by atoms with E-state index in [-0.39, 0.29) is 11.9 Å². The summed E-state index contributed by atoms with van der Waals surface area (Å²) in [5, 5.41) is 4.72. The molecular formula is C12H17ClN4O. The van der Waals surface area contributed by atoms with E-state index < -0.39 is 0 Å². The number of nitrogens with zero attached hydrogens (tertiary/aromatic N) is 3. The summed E-state index contributed by atoms with van der Waals surface area (Å²) in [6, 6.07) is 0.103. The Morgan fingerprint density at radius 3 is 2.83 bits per heavy atom. The van der Waals surface area contributed by atoms with E-state index in [2.05, 4.69) is 5.10 Å². The molecule has 1 unspecified atom stereocenters. The lowest BCUT2D eigenvalue weighted by atomic mass is 10.2. The van der Waals surface area contributed by atoms with E-state index in [0.717, 1.165) is 24.2 Å². The van der Waals surface area contributed by atoms with E-state index in [1.54, 1.807) is 22.7 Å². The van der Waals surface area contributed by atoms with Crippen LogP contribution in [-0.4, -0.2) is 39.7 Å². The van der Waals surface area contributed by atoms with Gasteiger partial charge in [-0.15, -0.1) is 0 Å². The number of hydrogen-bond acceptors (Lipinski definition) is 3. The van der Waals surface area contributed by atoms with Crippen LogP contribution < -0.4 is 5.73 Å². The van der Waals surface area contributed by atoms with Gasteiger partial charge in [0.2, 0.25) is 5.91 Å². The Bertz CT molecular complexity index is 495. The first-order valence-electron chi connectivity index (χ1n) is 5.90. The summed E-state index contributed by atoms with van der Waals surface area (Å²) in [5.41, 5.74) is 7.37. The lowest BCUT2D eigenvalue weighted by Crippen LogP contribution is -2.30. The third-order valence-corrected chi connectivity index (χ3v) is 3.57. The Kier molecular flexibility index (Phi) is 3.73. The molecule has 18 heavy (non-hydrogen) atoms. The van der Waals surface area contributed by atoms with Crippen LogP contribution in [0.3, 0.4) is 0 Å². The van der Waals surface area contributed by atoms with E-state index in [0.29, 0.717) is 11.7 Å². The van der Waals surface area contributed by atoms with Gasteiger partial charge in [-0.25, -0.2) is 0 Å². The summed E-state index contributed by atoms with van der Waals surface area (Å²) < 4.78 is 1.59. The fraction of sp³-hybridized carbons (Fsp3) is 0.500. The highest BCUT2D eigenvalue weighted by molar-refractivity contribution is 6.31. The number of carbonyl (C=O) groups excluding carboxylic acids is 1. The largest absolute Gasteiger partial charge is 0.338 e. The van der Waals surface area contributed by atoms with Gasteiger partial charge in [0.1, 0.15) is 5.15 Å². The summed E-state index contributed by atoms with van der Waals surface area (Å²) in [6.45, 7) is 3.22. The van der Waals surface area contributed by atoms with E-state index in [4.69, 9.17) is 17.3 Å². The molecule has 1 aliphatic heterocycles. The predicted octanol–water partition coefficient (Wildman–Crippen LogP) is 0.955. The van der Waals surface area contributed by atoms with Crippen molar-refractivity contribution >= 4 is 23.6 Å². The number of hydrogen-bond donors (Lipinski definition) is 1. The first-order chi connectivity index (χ1) is 8.49. The number of nitrogens with two attached hydrogens (primary N) is 1. The highest BCUT2D eigenvalue weighted by Gasteiger charge is 2.21. The van der Waals surface area contributed by atoms with Crippen LogP contribution in [0.5, 0.6) is 0 Å². The Hall–Kier alpha value is -1.33. The minimum atomic E-state index is -0.0257. The van der Waals surface area contributed by atoms with Gasteiger partial charge >= 0.3 is 0 Å². The van der Waals surface area contributed by atoms with Crippen molar-refractivity contribution in [3.8, 4) is 0 Å². The highest BCUT2D eigenvalue weighted by atomic mass is 35.5. The fourth-order valence-electron chi connectivity index (χ4n) is 2.08. The van der Waals surface area contributed by atoms with Gasteiger partial charge in [0.25, 0.3) is 0 Å². The van der Waals surface area contributed by atoms with Crippen LogP contribution in [0.4, 0.5) is 0 Å². The summed E-state index contributed by atoms with van der Waals surface area (Å²) in [7, 11) is 1.77. The van der Waals surface area contributed by atoms with Crippen LogP contribution in [0.2, 0.25) is 5.15 Å². The fourth-order valence-corrected chi connectivity index (χ4v) is 2.32. The highest BCUT2D eigenvalue weighted by Crippen LogP contribution is 2.20. The molecule has 6 heteroatoms. The van der Waals surface area contributed by atoms with Gasteiger partial charge in [-0.3, -0.25) is 9.48 Å². The summed E-state index contributed by atoms with van der Waals surface area (Å²) in [6.07, 6.45) is 4.12. The molecule has 0 bridgehead atoms. The van der Waals surface area contributed by atoms with Crippen LogP contribution in [0.15, 0.2) is 6.08 Å². The number of carbonyl (C=O) groups is 1. The van der Waals surface area contributed by atoms with Crippen molar-refractivity contribution in [2.75, 3.05) is 13.1 Å². The van der Waals surface area contributed by atoms with Gasteiger partial charge in [-0.2, -0.15) is 5.10 Å². The molecule has 1 aromatic rings.